The average molecular weight is 336 g/mol. The van der Waals surface area contributed by atoms with Crippen LogP contribution in [0.25, 0.3) is 10.8 Å². The van der Waals surface area contributed by atoms with E-state index in [0.29, 0.717) is 0 Å². The van der Waals surface area contributed by atoms with Crippen molar-refractivity contribution in [2.75, 3.05) is 5.43 Å². The molecule has 0 radical (unpaired) electrons. The van der Waals surface area contributed by atoms with E-state index in [1.807, 2.05) is 36.4 Å². The van der Waals surface area contributed by atoms with E-state index in [1.54, 1.807) is 0 Å². The molecule has 0 aliphatic rings. The molecule has 0 atom stereocenters. The molecule has 2 heteroatoms. The number of benzene rings is 4. The van der Waals surface area contributed by atoms with Gasteiger partial charge in [0.05, 0.1) is 11.4 Å². The second kappa shape index (κ2) is 7.66. The molecule has 4 aromatic rings. The van der Waals surface area contributed by atoms with E-state index in [2.05, 4.69) is 72.2 Å². The van der Waals surface area contributed by atoms with Gasteiger partial charge in [-0.1, -0.05) is 84.9 Å². The fraction of sp³-hybridized carbons (Fsp3) is 0.0417. The van der Waals surface area contributed by atoms with Gasteiger partial charge in [0.15, 0.2) is 0 Å². The molecule has 0 bridgehead atoms. The number of nitrogens with zero attached hydrogens (tertiary/aromatic N) is 1. The maximum atomic E-state index is 4.73. The van der Waals surface area contributed by atoms with Crippen molar-refractivity contribution in [1.29, 1.82) is 0 Å². The monoisotopic (exact) mass is 336 g/mol. The number of hydrogen-bond acceptors (Lipinski definition) is 2. The first kappa shape index (κ1) is 16.1. The van der Waals surface area contributed by atoms with Gasteiger partial charge >= 0.3 is 0 Å². The Morgan fingerprint density at radius 3 is 2.08 bits per heavy atom. The molecule has 4 aromatic carbocycles. The fourth-order valence-electron chi connectivity index (χ4n) is 3.01. The van der Waals surface area contributed by atoms with Crippen LogP contribution in [-0.2, 0) is 6.42 Å². The minimum Gasteiger partial charge on any atom is -0.278 e. The molecule has 0 saturated carbocycles. The van der Waals surface area contributed by atoms with Crippen LogP contribution < -0.4 is 5.43 Å². The summed E-state index contributed by atoms with van der Waals surface area (Å²) in [4.78, 5) is 0. The average Bonchev–Trinajstić information content (AvgIpc) is 2.72. The van der Waals surface area contributed by atoms with E-state index in [4.69, 9.17) is 5.10 Å². The van der Waals surface area contributed by atoms with E-state index >= 15 is 0 Å². The van der Waals surface area contributed by atoms with Gasteiger partial charge in [-0.05, 0) is 40.1 Å². The van der Waals surface area contributed by atoms with Crippen molar-refractivity contribution in [3.8, 4) is 0 Å². The fourth-order valence-corrected chi connectivity index (χ4v) is 3.01. The largest absolute Gasteiger partial charge is 0.278 e. The molecule has 0 aliphatic carbocycles. The van der Waals surface area contributed by atoms with Crippen molar-refractivity contribution in [2.45, 2.75) is 6.42 Å². The van der Waals surface area contributed by atoms with E-state index in [-0.39, 0.29) is 0 Å². The summed E-state index contributed by atoms with van der Waals surface area (Å²) in [6.45, 7) is 0. The number of nitrogens with one attached hydrogen (secondary N) is 1. The molecule has 1 N–H and O–H groups in total. The van der Waals surface area contributed by atoms with Gasteiger partial charge in [0.2, 0.25) is 0 Å². The first-order valence-electron chi connectivity index (χ1n) is 8.79. The summed E-state index contributed by atoms with van der Waals surface area (Å²) in [5.41, 5.74) is 7.58. The van der Waals surface area contributed by atoms with Crippen LogP contribution in [0, 0.1) is 0 Å². The molecule has 0 amide bonds. The lowest BCUT2D eigenvalue weighted by atomic mass is 9.99. The lowest BCUT2D eigenvalue weighted by Crippen LogP contribution is -2.08. The van der Waals surface area contributed by atoms with Crippen LogP contribution in [0.3, 0.4) is 0 Å². The molecule has 0 aliphatic heterocycles. The van der Waals surface area contributed by atoms with Gasteiger partial charge in [0.1, 0.15) is 0 Å². The Hall–Kier alpha value is -3.39. The van der Waals surface area contributed by atoms with E-state index in [9.17, 15) is 0 Å². The standard InChI is InChI=1S/C24H20N2/c1-3-9-19(10-4-1)17-24(26-25-23-13-5-2-6-14-23)22-16-15-20-11-7-8-12-21(20)18-22/h1-16,18,25H,17H2. The van der Waals surface area contributed by atoms with Crippen LogP contribution in [0.5, 0.6) is 0 Å². The van der Waals surface area contributed by atoms with E-state index in [0.717, 1.165) is 23.4 Å². The second-order valence-corrected chi connectivity index (χ2v) is 6.26. The lowest BCUT2D eigenvalue weighted by Gasteiger charge is -2.10. The third-order valence-electron chi connectivity index (χ3n) is 4.39. The number of hydrogen-bond donors (Lipinski definition) is 1. The summed E-state index contributed by atoms with van der Waals surface area (Å²) >= 11 is 0. The third-order valence-corrected chi connectivity index (χ3v) is 4.39. The molecule has 0 aromatic heterocycles. The first-order valence-corrected chi connectivity index (χ1v) is 8.79. The molecule has 0 fully saturated rings. The number of fused-ring (bicyclic) bond motifs is 1. The van der Waals surface area contributed by atoms with E-state index < -0.39 is 0 Å². The smallest absolute Gasteiger partial charge is 0.0723 e. The van der Waals surface area contributed by atoms with E-state index in [1.165, 1.54) is 16.3 Å². The van der Waals surface area contributed by atoms with Crippen molar-refractivity contribution < 1.29 is 0 Å². The highest BCUT2D eigenvalue weighted by Crippen LogP contribution is 2.18. The minimum absolute atomic E-state index is 0.777. The SMILES string of the molecule is c1ccc(CC(=NNc2ccccc2)c2ccc3ccccc3c2)cc1. The molecule has 4 rings (SSSR count). The van der Waals surface area contributed by atoms with Crippen LogP contribution in [0.1, 0.15) is 11.1 Å². The van der Waals surface area contributed by atoms with Crippen LogP contribution in [0.2, 0.25) is 0 Å². The maximum Gasteiger partial charge on any atom is 0.0723 e. The molecule has 0 unspecified atom stereocenters. The van der Waals surface area contributed by atoms with Gasteiger partial charge in [-0.3, -0.25) is 5.43 Å². The molecule has 0 saturated heterocycles. The predicted molar refractivity (Wildman–Crippen MR) is 111 cm³/mol. The summed E-state index contributed by atoms with van der Waals surface area (Å²) in [7, 11) is 0. The first-order chi connectivity index (χ1) is 12.9. The Balaban J connectivity index is 1.70. The zero-order valence-electron chi connectivity index (χ0n) is 14.5. The van der Waals surface area contributed by atoms with Crippen molar-refractivity contribution in [3.05, 3.63) is 114 Å². The predicted octanol–water partition coefficient (Wildman–Crippen LogP) is 5.90. The van der Waals surface area contributed by atoms with Gasteiger partial charge in [-0.15, -0.1) is 0 Å². The zero-order chi connectivity index (χ0) is 17.6. The molecule has 2 nitrogen and oxygen atoms in total. The minimum atomic E-state index is 0.777. The van der Waals surface area contributed by atoms with Crippen LogP contribution in [0.4, 0.5) is 5.69 Å². The molecule has 0 heterocycles. The van der Waals surface area contributed by atoms with Crippen LogP contribution in [-0.4, -0.2) is 5.71 Å². The summed E-state index contributed by atoms with van der Waals surface area (Å²) < 4.78 is 0. The van der Waals surface area contributed by atoms with Crippen molar-refractivity contribution >= 4 is 22.2 Å². The van der Waals surface area contributed by atoms with Gasteiger partial charge in [0.25, 0.3) is 0 Å². The Morgan fingerprint density at radius 2 is 1.31 bits per heavy atom. The number of anilines is 1. The van der Waals surface area contributed by atoms with Gasteiger partial charge < -0.3 is 0 Å². The highest BCUT2D eigenvalue weighted by molar-refractivity contribution is 6.04. The molecule has 126 valence electrons. The number of rotatable bonds is 5. The van der Waals surface area contributed by atoms with Gasteiger partial charge in [-0.25, -0.2) is 0 Å². The van der Waals surface area contributed by atoms with Crippen molar-refractivity contribution in [1.82, 2.24) is 0 Å². The van der Waals surface area contributed by atoms with Crippen LogP contribution >= 0.6 is 0 Å². The van der Waals surface area contributed by atoms with Crippen LogP contribution in [0.15, 0.2) is 108 Å². The Morgan fingerprint density at radius 1 is 0.654 bits per heavy atom. The normalized spacial score (nSPS) is 11.5. The Kier molecular flexibility index (Phi) is 4.74. The van der Waals surface area contributed by atoms with Crippen molar-refractivity contribution in [2.24, 2.45) is 5.10 Å². The maximum absolute atomic E-state index is 4.73. The lowest BCUT2D eigenvalue weighted by molar-refractivity contribution is 1.25. The molecular weight excluding hydrogens is 316 g/mol. The number of hydrazone groups is 1. The summed E-state index contributed by atoms with van der Waals surface area (Å²) in [6, 6.07) is 35.4. The molecule has 26 heavy (non-hydrogen) atoms. The van der Waals surface area contributed by atoms with Gasteiger partial charge in [-0.2, -0.15) is 5.10 Å². The zero-order valence-corrected chi connectivity index (χ0v) is 14.5. The van der Waals surface area contributed by atoms with Gasteiger partial charge in [0, 0.05) is 6.42 Å². The quantitative estimate of drug-likeness (QED) is 0.356. The second-order valence-electron chi connectivity index (χ2n) is 6.26. The summed E-state index contributed by atoms with van der Waals surface area (Å²) in [5.74, 6) is 0. The highest BCUT2D eigenvalue weighted by Gasteiger charge is 2.07. The summed E-state index contributed by atoms with van der Waals surface area (Å²) in [5, 5.41) is 7.20. The number of para-hydroxylation sites is 1. The van der Waals surface area contributed by atoms with Crippen molar-refractivity contribution in [3.63, 3.8) is 0 Å². The Labute approximate surface area is 153 Å². The molecular formula is C24H20N2. The third kappa shape index (κ3) is 3.81. The molecule has 0 spiro atoms. The highest BCUT2D eigenvalue weighted by atomic mass is 15.3. The summed E-state index contributed by atoms with van der Waals surface area (Å²) in [6.07, 6.45) is 0.777. The Bertz CT molecular complexity index is 1020. The topological polar surface area (TPSA) is 24.4 Å².